The van der Waals surface area contributed by atoms with E-state index in [0.29, 0.717) is 24.7 Å². The van der Waals surface area contributed by atoms with Gasteiger partial charge in [0.2, 0.25) is 0 Å². The third-order valence-corrected chi connectivity index (χ3v) is 4.92. The van der Waals surface area contributed by atoms with Gasteiger partial charge >= 0.3 is 0 Å². The molecule has 1 aromatic carbocycles. The number of hydrogen-bond acceptors (Lipinski definition) is 3. The molecule has 0 bridgehead atoms. The smallest absolute Gasteiger partial charge is 0.272 e. The van der Waals surface area contributed by atoms with Crippen LogP contribution in [0.15, 0.2) is 42.5 Å². The number of carbonyl (C=O) groups excluding carboxylic acids is 1. The molecule has 120 valence electrons. The van der Waals surface area contributed by atoms with Gasteiger partial charge in [-0.25, -0.2) is 4.98 Å². The SMILES string of the molecule is O=C(c1ccc2ccccc2n1)N1CCn2nc(C3CC3)cc2C1. The number of hydrogen-bond donors (Lipinski definition) is 0. The van der Waals surface area contributed by atoms with Crippen molar-refractivity contribution in [3.8, 4) is 0 Å². The van der Waals surface area contributed by atoms with Gasteiger partial charge < -0.3 is 4.90 Å². The van der Waals surface area contributed by atoms with Crippen molar-refractivity contribution in [3.63, 3.8) is 0 Å². The number of aromatic nitrogens is 3. The molecule has 0 saturated heterocycles. The molecule has 0 atom stereocenters. The Labute approximate surface area is 139 Å². The third kappa shape index (κ3) is 2.28. The second kappa shape index (κ2) is 5.16. The molecule has 1 saturated carbocycles. The lowest BCUT2D eigenvalue weighted by Gasteiger charge is -2.27. The number of pyridine rings is 1. The lowest BCUT2D eigenvalue weighted by Crippen LogP contribution is -2.38. The lowest BCUT2D eigenvalue weighted by atomic mass is 10.2. The first kappa shape index (κ1) is 13.7. The summed E-state index contributed by atoms with van der Waals surface area (Å²) in [6.45, 7) is 2.07. The summed E-state index contributed by atoms with van der Waals surface area (Å²) < 4.78 is 2.06. The first-order valence-corrected chi connectivity index (χ1v) is 8.49. The highest BCUT2D eigenvalue weighted by Crippen LogP contribution is 2.39. The fraction of sp³-hybridized carbons (Fsp3) is 0.316. The second-order valence-electron chi connectivity index (χ2n) is 6.67. The molecule has 5 nitrogen and oxygen atoms in total. The summed E-state index contributed by atoms with van der Waals surface area (Å²) in [6, 6.07) is 13.8. The van der Waals surface area contributed by atoms with Gasteiger partial charge in [0.1, 0.15) is 5.69 Å². The van der Waals surface area contributed by atoms with E-state index >= 15 is 0 Å². The average molecular weight is 318 g/mol. The van der Waals surface area contributed by atoms with Gasteiger partial charge in [-0.3, -0.25) is 9.48 Å². The molecule has 24 heavy (non-hydrogen) atoms. The molecule has 0 spiro atoms. The van der Waals surface area contributed by atoms with Crippen LogP contribution in [-0.4, -0.2) is 32.1 Å². The van der Waals surface area contributed by atoms with Crippen LogP contribution >= 0.6 is 0 Å². The first-order valence-electron chi connectivity index (χ1n) is 8.49. The minimum absolute atomic E-state index is 0.00109. The van der Waals surface area contributed by atoms with Gasteiger partial charge in [0.15, 0.2) is 0 Å². The summed E-state index contributed by atoms with van der Waals surface area (Å²) in [6.07, 6.45) is 2.50. The Morgan fingerprint density at radius 2 is 1.96 bits per heavy atom. The van der Waals surface area contributed by atoms with Crippen molar-refractivity contribution in [1.29, 1.82) is 0 Å². The highest BCUT2D eigenvalue weighted by atomic mass is 16.2. The van der Waals surface area contributed by atoms with E-state index < -0.39 is 0 Å². The maximum absolute atomic E-state index is 12.8. The number of nitrogens with zero attached hydrogens (tertiary/aromatic N) is 4. The van der Waals surface area contributed by atoms with Gasteiger partial charge in [0, 0.05) is 17.8 Å². The van der Waals surface area contributed by atoms with Gasteiger partial charge in [0.25, 0.3) is 5.91 Å². The maximum atomic E-state index is 12.8. The fourth-order valence-corrected chi connectivity index (χ4v) is 3.39. The quantitative estimate of drug-likeness (QED) is 0.730. The summed E-state index contributed by atoms with van der Waals surface area (Å²) in [5.74, 6) is 0.649. The fourth-order valence-electron chi connectivity index (χ4n) is 3.39. The number of amides is 1. The molecule has 1 aliphatic carbocycles. The molecule has 0 N–H and O–H groups in total. The Hall–Kier alpha value is -2.69. The summed E-state index contributed by atoms with van der Waals surface area (Å²) in [5.41, 5.74) is 3.71. The zero-order valence-electron chi connectivity index (χ0n) is 13.4. The molecule has 0 radical (unpaired) electrons. The molecular weight excluding hydrogens is 300 g/mol. The predicted molar refractivity (Wildman–Crippen MR) is 90.7 cm³/mol. The van der Waals surface area contributed by atoms with Gasteiger partial charge in [0.05, 0.1) is 30.0 Å². The van der Waals surface area contributed by atoms with Crippen LogP contribution < -0.4 is 0 Å². The molecule has 3 aromatic rings. The molecule has 0 unspecified atom stereocenters. The molecule has 2 aromatic heterocycles. The zero-order valence-corrected chi connectivity index (χ0v) is 13.4. The molecule has 3 heterocycles. The van der Waals surface area contributed by atoms with Gasteiger partial charge in [-0.1, -0.05) is 24.3 Å². The number of benzene rings is 1. The van der Waals surface area contributed by atoms with Crippen molar-refractivity contribution in [2.75, 3.05) is 6.54 Å². The Kier molecular flexibility index (Phi) is 2.95. The number of para-hydroxylation sites is 1. The minimum Gasteiger partial charge on any atom is -0.330 e. The number of carbonyl (C=O) groups is 1. The summed E-state index contributed by atoms with van der Waals surface area (Å²) in [7, 11) is 0. The average Bonchev–Trinajstić information content (AvgIpc) is 3.39. The maximum Gasteiger partial charge on any atom is 0.272 e. The molecule has 2 aliphatic rings. The van der Waals surface area contributed by atoms with Gasteiger partial charge in [-0.15, -0.1) is 0 Å². The minimum atomic E-state index is 0.00109. The van der Waals surface area contributed by atoms with Gasteiger partial charge in [-0.05, 0) is 31.0 Å². The highest BCUT2D eigenvalue weighted by molar-refractivity contribution is 5.94. The van der Waals surface area contributed by atoms with E-state index in [2.05, 4.69) is 20.8 Å². The summed E-state index contributed by atoms with van der Waals surface area (Å²) >= 11 is 0. The van der Waals surface area contributed by atoms with Crippen molar-refractivity contribution < 1.29 is 4.79 Å². The van der Waals surface area contributed by atoms with Crippen LogP contribution in [0.5, 0.6) is 0 Å². The lowest BCUT2D eigenvalue weighted by molar-refractivity contribution is 0.0700. The number of rotatable bonds is 2. The normalized spacial score (nSPS) is 17.1. The van der Waals surface area contributed by atoms with E-state index in [1.807, 2.05) is 41.3 Å². The van der Waals surface area contributed by atoms with E-state index in [1.54, 1.807) is 0 Å². The Bertz CT molecular complexity index is 941. The van der Waals surface area contributed by atoms with E-state index in [0.717, 1.165) is 23.1 Å². The predicted octanol–water partition coefficient (Wildman–Crippen LogP) is 2.96. The van der Waals surface area contributed by atoms with Crippen molar-refractivity contribution in [3.05, 3.63) is 59.5 Å². The Balaban J connectivity index is 1.41. The summed E-state index contributed by atoms with van der Waals surface area (Å²) in [5, 5.41) is 5.74. The Morgan fingerprint density at radius 3 is 2.83 bits per heavy atom. The van der Waals surface area contributed by atoms with Crippen molar-refractivity contribution in [2.24, 2.45) is 0 Å². The topological polar surface area (TPSA) is 51.0 Å². The highest BCUT2D eigenvalue weighted by Gasteiger charge is 2.30. The second-order valence-corrected chi connectivity index (χ2v) is 6.67. The van der Waals surface area contributed by atoms with E-state index in [-0.39, 0.29) is 5.91 Å². The van der Waals surface area contributed by atoms with Crippen LogP contribution in [0.3, 0.4) is 0 Å². The molecule has 1 amide bonds. The summed E-state index contributed by atoms with van der Waals surface area (Å²) in [4.78, 5) is 19.3. The van der Waals surface area contributed by atoms with Crippen LogP contribution in [0.2, 0.25) is 0 Å². The van der Waals surface area contributed by atoms with E-state index in [4.69, 9.17) is 0 Å². The van der Waals surface area contributed by atoms with Crippen LogP contribution in [0.1, 0.15) is 40.6 Å². The van der Waals surface area contributed by atoms with Crippen LogP contribution in [0.4, 0.5) is 0 Å². The molecule has 5 rings (SSSR count). The van der Waals surface area contributed by atoms with Crippen LogP contribution in [0, 0.1) is 0 Å². The monoisotopic (exact) mass is 318 g/mol. The number of fused-ring (bicyclic) bond motifs is 2. The van der Waals surface area contributed by atoms with Gasteiger partial charge in [-0.2, -0.15) is 5.10 Å². The van der Waals surface area contributed by atoms with Crippen LogP contribution in [-0.2, 0) is 13.1 Å². The molecule has 1 aliphatic heterocycles. The molecule has 5 heteroatoms. The van der Waals surface area contributed by atoms with Crippen molar-refractivity contribution in [2.45, 2.75) is 31.8 Å². The van der Waals surface area contributed by atoms with Crippen LogP contribution in [0.25, 0.3) is 10.9 Å². The first-order chi connectivity index (χ1) is 11.8. The van der Waals surface area contributed by atoms with E-state index in [9.17, 15) is 4.79 Å². The molecule has 1 fully saturated rings. The Morgan fingerprint density at radius 1 is 1.08 bits per heavy atom. The zero-order chi connectivity index (χ0) is 16.1. The van der Waals surface area contributed by atoms with Crippen molar-refractivity contribution in [1.82, 2.24) is 19.7 Å². The largest absolute Gasteiger partial charge is 0.330 e. The third-order valence-electron chi connectivity index (χ3n) is 4.92. The van der Waals surface area contributed by atoms with Crippen molar-refractivity contribution >= 4 is 16.8 Å². The molecular formula is C19H18N4O. The van der Waals surface area contributed by atoms with E-state index in [1.165, 1.54) is 18.5 Å². The standard InChI is InChI=1S/C19H18N4O/c24-19(17-8-7-13-3-1-2-4-16(13)20-17)22-9-10-23-15(12-22)11-18(21-23)14-5-6-14/h1-4,7-8,11,14H,5-6,9-10,12H2.